The summed E-state index contributed by atoms with van der Waals surface area (Å²) in [6, 6.07) is 7.05. The van der Waals surface area contributed by atoms with Crippen molar-refractivity contribution in [2.24, 2.45) is 5.73 Å². The maximum absolute atomic E-state index is 5.59. The van der Waals surface area contributed by atoms with Crippen molar-refractivity contribution in [3.63, 3.8) is 0 Å². The van der Waals surface area contributed by atoms with E-state index in [1.165, 1.54) is 23.9 Å². The molecule has 3 aromatic rings. The molecule has 2 aromatic heterocycles. The molecule has 0 bridgehead atoms. The Hall–Kier alpha value is -2.21. The molecule has 0 unspecified atom stereocenters. The Morgan fingerprint density at radius 1 is 1.33 bits per heavy atom. The van der Waals surface area contributed by atoms with Gasteiger partial charge in [0.1, 0.15) is 12.4 Å². The Morgan fingerprint density at radius 3 is 2.90 bits per heavy atom. The van der Waals surface area contributed by atoms with Gasteiger partial charge in [0, 0.05) is 12.6 Å². The fourth-order valence-corrected chi connectivity index (χ4v) is 2.76. The lowest BCUT2D eigenvalue weighted by Crippen LogP contribution is -2.08. The van der Waals surface area contributed by atoms with Crippen molar-refractivity contribution >= 4 is 11.0 Å². The van der Waals surface area contributed by atoms with Crippen molar-refractivity contribution in [3.05, 3.63) is 41.5 Å². The van der Waals surface area contributed by atoms with E-state index < -0.39 is 0 Å². The van der Waals surface area contributed by atoms with E-state index >= 15 is 0 Å². The van der Waals surface area contributed by atoms with Gasteiger partial charge in [-0.3, -0.25) is 0 Å². The highest BCUT2D eigenvalue weighted by atomic mass is 15.4. The molecule has 0 amide bonds. The Morgan fingerprint density at radius 2 is 2.19 bits per heavy atom. The second-order valence-electron chi connectivity index (χ2n) is 5.73. The topological polar surface area (TPSA) is 74.6 Å². The molecule has 1 fully saturated rings. The first-order valence-corrected chi connectivity index (χ1v) is 7.31. The third-order valence-corrected chi connectivity index (χ3v) is 3.93. The van der Waals surface area contributed by atoms with Gasteiger partial charge in [0.2, 0.25) is 0 Å². The number of nitrogens with zero attached hydrogens (tertiary/aromatic N) is 5. The highest BCUT2D eigenvalue weighted by Crippen LogP contribution is 2.38. The zero-order valence-corrected chi connectivity index (χ0v) is 12.0. The molecule has 6 heteroatoms. The molecule has 108 valence electrons. The smallest absolute Gasteiger partial charge is 0.132 e. The van der Waals surface area contributed by atoms with Gasteiger partial charge in [-0.25, -0.2) is 9.67 Å². The second kappa shape index (κ2) is 4.66. The summed E-state index contributed by atoms with van der Waals surface area (Å²) in [7, 11) is 0. The summed E-state index contributed by atoms with van der Waals surface area (Å²) in [5, 5.41) is 8.16. The van der Waals surface area contributed by atoms with Gasteiger partial charge in [0.15, 0.2) is 0 Å². The zero-order valence-electron chi connectivity index (χ0n) is 12.0. The standard InChI is InChI=1S/C15H18N6/c1-10-2-5-14-13(6-10)17-15(21(14)12-3-4-12)9-20-8-11(7-16)18-19-20/h2,5-6,8,12H,3-4,7,9,16H2,1H3. The van der Waals surface area contributed by atoms with Crippen molar-refractivity contribution < 1.29 is 0 Å². The van der Waals surface area contributed by atoms with E-state index in [9.17, 15) is 0 Å². The van der Waals surface area contributed by atoms with Crippen LogP contribution in [0.3, 0.4) is 0 Å². The average Bonchev–Trinajstić information content (AvgIpc) is 3.10. The minimum absolute atomic E-state index is 0.415. The van der Waals surface area contributed by atoms with Crippen LogP contribution in [0.1, 0.15) is 36.0 Å². The Kier molecular flexibility index (Phi) is 2.78. The zero-order chi connectivity index (χ0) is 14.4. The van der Waals surface area contributed by atoms with Crippen LogP contribution in [-0.4, -0.2) is 24.5 Å². The summed E-state index contributed by atoms with van der Waals surface area (Å²) >= 11 is 0. The van der Waals surface area contributed by atoms with E-state index in [1.54, 1.807) is 0 Å². The minimum atomic E-state index is 0.415. The van der Waals surface area contributed by atoms with Crippen molar-refractivity contribution in [1.29, 1.82) is 0 Å². The van der Waals surface area contributed by atoms with E-state index in [0.29, 0.717) is 19.1 Å². The molecule has 2 heterocycles. The van der Waals surface area contributed by atoms with Gasteiger partial charge >= 0.3 is 0 Å². The first-order valence-electron chi connectivity index (χ1n) is 7.31. The first-order chi connectivity index (χ1) is 10.2. The van der Waals surface area contributed by atoms with E-state index in [2.05, 4.69) is 40.0 Å². The summed E-state index contributed by atoms with van der Waals surface area (Å²) in [4.78, 5) is 4.81. The van der Waals surface area contributed by atoms with E-state index in [4.69, 9.17) is 10.7 Å². The predicted molar refractivity (Wildman–Crippen MR) is 79.8 cm³/mol. The van der Waals surface area contributed by atoms with Crippen LogP contribution in [0.15, 0.2) is 24.4 Å². The SMILES string of the molecule is Cc1ccc2c(c1)nc(Cn1cc(CN)nn1)n2C1CC1. The number of hydrogen-bond acceptors (Lipinski definition) is 4. The van der Waals surface area contributed by atoms with Gasteiger partial charge in [0.05, 0.1) is 22.9 Å². The molecule has 4 rings (SSSR count). The molecule has 1 aliphatic rings. The lowest BCUT2D eigenvalue weighted by molar-refractivity contribution is 0.589. The molecular weight excluding hydrogens is 264 g/mol. The number of hydrogen-bond donors (Lipinski definition) is 1. The van der Waals surface area contributed by atoms with E-state index in [0.717, 1.165) is 17.0 Å². The summed E-state index contributed by atoms with van der Waals surface area (Å²) < 4.78 is 4.17. The van der Waals surface area contributed by atoms with Gasteiger partial charge in [-0.2, -0.15) is 0 Å². The van der Waals surface area contributed by atoms with E-state index in [-0.39, 0.29) is 0 Å². The van der Waals surface area contributed by atoms with Crippen LogP contribution < -0.4 is 5.73 Å². The molecule has 1 saturated carbocycles. The normalized spacial score (nSPS) is 15.0. The summed E-state index contributed by atoms with van der Waals surface area (Å²) in [6.45, 7) is 3.15. The van der Waals surface area contributed by atoms with Crippen LogP contribution in [0.4, 0.5) is 0 Å². The second-order valence-corrected chi connectivity index (χ2v) is 5.73. The summed E-state index contributed by atoms with van der Waals surface area (Å²) in [5.74, 6) is 1.05. The molecule has 6 nitrogen and oxygen atoms in total. The minimum Gasteiger partial charge on any atom is -0.325 e. The molecule has 0 radical (unpaired) electrons. The fourth-order valence-electron chi connectivity index (χ4n) is 2.76. The Balaban J connectivity index is 1.77. The lowest BCUT2D eigenvalue weighted by Gasteiger charge is -2.07. The summed E-state index contributed by atoms with van der Waals surface area (Å²) in [5.41, 5.74) is 9.91. The van der Waals surface area contributed by atoms with Crippen LogP contribution in [0.2, 0.25) is 0 Å². The molecule has 0 spiro atoms. The third kappa shape index (κ3) is 2.21. The third-order valence-electron chi connectivity index (χ3n) is 3.93. The van der Waals surface area contributed by atoms with Gasteiger partial charge in [-0.1, -0.05) is 11.3 Å². The van der Waals surface area contributed by atoms with Gasteiger partial charge < -0.3 is 10.3 Å². The maximum Gasteiger partial charge on any atom is 0.132 e. The number of nitrogens with two attached hydrogens (primary N) is 1. The molecule has 1 aromatic carbocycles. The molecule has 0 aliphatic heterocycles. The van der Waals surface area contributed by atoms with Gasteiger partial charge in [-0.15, -0.1) is 5.10 Å². The van der Waals surface area contributed by atoms with E-state index in [1.807, 2.05) is 10.9 Å². The van der Waals surface area contributed by atoms with Gasteiger partial charge in [0.25, 0.3) is 0 Å². The van der Waals surface area contributed by atoms with Crippen LogP contribution in [-0.2, 0) is 13.1 Å². The van der Waals surface area contributed by atoms with Crippen LogP contribution in [0.5, 0.6) is 0 Å². The Labute approximate surface area is 122 Å². The maximum atomic E-state index is 5.59. The molecule has 1 aliphatic carbocycles. The molecule has 21 heavy (non-hydrogen) atoms. The van der Waals surface area contributed by atoms with Crippen LogP contribution in [0.25, 0.3) is 11.0 Å². The number of fused-ring (bicyclic) bond motifs is 1. The monoisotopic (exact) mass is 282 g/mol. The molecule has 2 N–H and O–H groups in total. The van der Waals surface area contributed by atoms with Crippen molar-refractivity contribution in [2.45, 2.75) is 38.9 Å². The number of imidazole rings is 1. The van der Waals surface area contributed by atoms with Crippen molar-refractivity contribution in [3.8, 4) is 0 Å². The van der Waals surface area contributed by atoms with Crippen molar-refractivity contribution in [2.75, 3.05) is 0 Å². The highest BCUT2D eigenvalue weighted by Gasteiger charge is 2.28. The quantitative estimate of drug-likeness (QED) is 0.791. The highest BCUT2D eigenvalue weighted by molar-refractivity contribution is 5.77. The number of benzene rings is 1. The molecule has 0 atom stereocenters. The van der Waals surface area contributed by atoms with Crippen LogP contribution in [0, 0.1) is 6.92 Å². The largest absolute Gasteiger partial charge is 0.325 e. The fraction of sp³-hybridized carbons (Fsp3) is 0.400. The number of rotatable bonds is 4. The molecular formula is C15H18N6. The number of aryl methyl sites for hydroxylation is 1. The Bertz CT molecular complexity index is 796. The lowest BCUT2D eigenvalue weighted by atomic mass is 10.2. The number of aromatic nitrogens is 5. The summed E-state index contributed by atoms with van der Waals surface area (Å²) in [6.07, 6.45) is 4.36. The predicted octanol–water partition coefficient (Wildman–Crippen LogP) is 1.78. The van der Waals surface area contributed by atoms with Gasteiger partial charge in [-0.05, 0) is 37.5 Å². The first kappa shape index (κ1) is 12.5. The molecule has 0 saturated heterocycles. The van der Waals surface area contributed by atoms with Crippen molar-refractivity contribution in [1.82, 2.24) is 24.5 Å². The van der Waals surface area contributed by atoms with Crippen LogP contribution >= 0.6 is 0 Å². The average molecular weight is 282 g/mol.